The lowest BCUT2D eigenvalue weighted by atomic mass is 10.1. The Balaban J connectivity index is 1.91. The van der Waals surface area contributed by atoms with Crippen molar-refractivity contribution in [2.75, 3.05) is 19.8 Å². The molecule has 3 nitrogen and oxygen atoms in total. The lowest BCUT2D eigenvalue weighted by molar-refractivity contribution is 0.188. The van der Waals surface area contributed by atoms with E-state index in [0.717, 1.165) is 25.9 Å². The van der Waals surface area contributed by atoms with Crippen molar-refractivity contribution >= 4 is 8.56 Å². The number of rotatable bonds is 13. The molecule has 0 saturated carbocycles. The number of hydrogen-bond acceptors (Lipinski definition) is 3. The van der Waals surface area contributed by atoms with Crippen LogP contribution in [0.15, 0.2) is 0 Å². The van der Waals surface area contributed by atoms with Gasteiger partial charge in [-0.15, -0.1) is 0 Å². The summed E-state index contributed by atoms with van der Waals surface area (Å²) in [5, 5.41) is 0. The molecule has 4 heteroatoms. The summed E-state index contributed by atoms with van der Waals surface area (Å²) in [4.78, 5) is 0. The second-order valence-corrected chi connectivity index (χ2v) is 8.96. The second-order valence-electron chi connectivity index (χ2n) is 5.62. The highest BCUT2D eigenvalue weighted by Crippen LogP contribution is 2.20. The van der Waals surface area contributed by atoms with Crippen LogP contribution in [0.2, 0.25) is 12.6 Å². The molecule has 0 N–H and O–H groups in total. The van der Waals surface area contributed by atoms with Gasteiger partial charge in [0, 0.05) is 13.2 Å². The van der Waals surface area contributed by atoms with E-state index in [2.05, 4.69) is 20.4 Å². The highest BCUT2D eigenvalue weighted by molar-refractivity contribution is 6.66. The van der Waals surface area contributed by atoms with Crippen molar-refractivity contribution in [3.8, 4) is 0 Å². The monoisotopic (exact) mass is 288 g/mol. The van der Waals surface area contributed by atoms with Gasteiger partial charge in [0.2, 0.25) is 0 Å². The zero-order valence-corrected chi connectivity index (χ0v) is 14.1. The van der Waals surface area contributed by atoms with Gasteiger partial charge < -0.3 is 13.6 Å². The minimum Gasteiger partial charge on any atom is -0.395 e. The van der Waals surface area contributed by atoms with E-state index < -0.39 is 8.56 Å². The van der Waals surface area contributed by atoms with Crippen LogP contribution in [0.25, 0.3) is 0 Å². The van der Waals surface area contributed by atoms with E-state index in [4.69, 9.17) is 13.6 Å². The lowest BCUT2D eigenvalue weighted by Gasteiger charge is -2.25. The van der Waals surface area contributed by atoms with E-state index >= 15 is 0 Å². The molecule has 0 spiro atoms. The van der Waals surface area contributed by atoms with Crippen molar-refractivity contribution < 1.29 is 13.6 Å². The van der Waals surface area contributed by atoms with Gasteiger partial charge in [-0.05, 0) is 32.9 Å². The fourth-order valence-corrected chi connectivity index (χ4v) is 5.04. The quantitative estimate of drug-likeness (QED) is 0.288. The van der Waals surface area contributed by atoms with Crippen molar-refractivity contribution in [3.63, 3.8) is 0 Å². The number of hydrogen-bond donors (Lipinski definition) is 0. The molecule has 1 fully saturated rings. The maximum atomic E-state index is 5.85. The van der Waals surface area contributed by atoms with E-state index in [9.17, 15) is 0 Å². The minimum absolute atomic E-state index is 0.615. The van der Waals surface area contributed by atoms with Crippen LogP contribution in [-0.4, -0.2) is 34.5 Å². The number of epoxide rings is 1. The number of ether oxygens (including phenoxy) is 1. The molecule has 1 heterocycles. The Bertz CT molecular complexity index is 213. The molecule has 0 aliphatic carbocycles. The van der Waals surface area contributed by atoms with Gasteiger partial charge in [-0.1, -0.05) is 38.5 Å². The predicted octanol–water partition coefficient (Wildman–Crippen LogP) is 4.26. The molecule has 19 heavy (non-hydrogen) atoms. The maximum Gasteiger partial charge on any atom is 0.334 e. The zero-order chi connectivity index (χ0) is 14.0. The third kappa shape index (κ3) is 8.79. The summed E-state index contributed by atoms with van der Waals surface area (Å²) in [7, 11) is -1.85. The SMILES string of the molecule is CCO[Si](C)(CCCCCCCCC1CO1)OCC. The predicted molar refractivity (Wildman–Crippen MR) is 81.7 cm³/mol. The Morgan fingerprint density at radius 2 is 1.47 bits per heavy atom. The molecule has 0 amide bonds. The van der Waals surface area contributed by atoms with E-state index in [1.807, 2.05) is 0 Å². The van der Waals surface area contributed by atoms with Gasteiger partial charge >= 0.3 is 8.56 Å². The van der Waals surface area contributed by atoms with Crippen LogP contribution in [0.3, 0.4) is 0 Å². The Hall–Kier alpha value is 0.0969. The van der Waals surface area contributed by atoms with Crippen LogP contribution < -0.4 is 0 Å². The maximum absolute atomic E-state index is 5.85. The molecular weight excluding hydrogens is 256 g/mol. The Labute approximate surface area is 120 Å². The van der Waals surface area contributed by atoms with Crippen molar-refractivity contribution in [1.29, 1.82) is 0 Å². The van der Waals surface area contributed by atoms with Crippen LogP contribution in [-0.2, 0) is 13.6 Å². The van der Waals surface area contributed by atoms with Crippen LogP contribution >= 0.6 is 0 Å². The van der Waals surface area contributed by atoms with Gasteiger partial charge in [-0.25, -0.2) is 0 Å². The molecule has 1 aliphatic rings. The van der Waals surface area contributed by atoms with E-state index in [0.29, 0.717) is 6.10 Å². The van der Waals surface area contributed by atoms with Crippen LogP contribution in [0.1, 0.15) is 58.8 Å². The second kappa shape index (κ2) is 9.92. The third-order valence-corrected chi connectivity index (χ3v) is 6.77. The molecule has 0 aromatic carbocycles. The summed E-state index contributed by atoms with van der Waals surface area (Å²) in [5.74, 6) is 0. The molecule has 0 bridgehead atoms. The fraction of sp³-hybridized carbons (Fsp3) is 1.00. The molecular formula is C15H32O3Si. The van der Waals surface area contributed by atoms with E-state index in [-0.39, 0.29) is 0 Å². The van der Waals surface area contributed by atoms with E-state index in [1.54, 1.807) is 0 Å². The molecule has 1 saturated heterocycles. The smallest absolute Gasteiger partial charge is 0.334 e. The van der Waals surface area contributed by atoms with Crippen molar-refractivity contribution in [3.05, 3.63) is 0 Å². The first-order valence-corrected chi connectivity index (χ1v) is 10.6. The van der Waals surface area contributed by atoms with Crippen LogP contribution in [0.5, 0.6) is 0 Å². The van der Waals surface area contributed by atoms with E-state index in [1.165, 1.54) is 44.9 Å². The van der Waals surface area contributed by atoms with Gasteiger partial charge in [0.25, 0.3) is 0 Å². The zero-order valence-electron chi connectivity index (χ0n) is 13.1. The van der Waals surface area contributed by atoms with Crippen molar-refractivity contribution in [1.82, 2.24) is 0 Å². The summed E-state index contributed by atoms with van der Waals surface area (Å²) < 4.78 is 16.9. The third-order valence-electron chi connectivity index (χ3n) is 3.71. The van der Waals surface area contributed by atoms with Gasteiger partial charge in [0.1, 0.15) is 0 Å². The highest BCUT2D eigenvalue weighted by Gasteiger charge is 2.29. The molecule has 0 radical (unpaired) electrons. The lowest BCUT2D eigenvalue weighted by Crippen LogP contribution is -2.38. The summed E-state index contributed by atoms with van der Waals surface area (Å²) >= 11 is 0. The number of unbranched alkanes of at least 4 members (excludes halogenated alkanes) is 5. The summed E-state index contributed by atoms with van der Waals surface area (Å²) in [6.07, 6.45) is 9.91. The largest absolute Gasteiger partial charge is 0.395 e. The Morgan fingerprint density at radius 1 is 0.947 bits per heavy atom. The standard InChI is InChI=1S/C15H32O3Si/c1-4-17-19(3,18-5-2)13-11-9-7-6-8-10-12-15-14-16-15/h15H,4-14H2,1-3H3. The summed E-state index contributed by atoms with van der Waals surface area (Å²) in [6.45, 7) is 8.91. The average Bonchev–Trinajstić information content (AvgIpc) is 3.17. The fourth-order valence-electron chi connectivity index (χ4n) is 2.56. The minimum atomic E-state index is -1.85. The molecule has 0 aromatic heterocycles. The molecule has 1 aliphatic heterocycles. The normalized spacial score (nSPS) is 18.8. The molecule has 0 aromatic rings. The molecule has 1 rings (SSSR count). The van der Waals surface area contributed by atoms with Crippen LogP contribution in [0, 0.1) is 0 Å². The topological polar surface area (TPSA) is 31.0 Å². The van der Waals surface area contributed by atoms with Gasteiger partial charge in [0.05, 0.1) is 12.7 Å². The summed E-state index contributed by atoms with van der Waals surface area (Å²) in [6, 6.07) is 1.14. The van der Waals surface area contributed by atoms with Gasteiger partial charge in [0.15, 0.2) is 0 Å². The Kier molecular flexibility index (Phi) is 8.95. The Morgan fingerprint density at radius 3 is 2.00 bits per heavy atom. The summed E-state index contributed by atoms with van der Waals surface area (Å²) in [5.41, 5.74) is 0. The first-order valence-electron chi connectivity index (χ1n) is 8.09. The molecule has 1 atom stereocenters. The molecule has 1 unspecified atom stereocenters. The first-order chi connectivity index (χ1) is 9.20. The molecule has 114 valence electrons. The van der Waals surface area contributed by atoms with Gasteiger partial charge in [-0.3, -0.25) is 0 Å². The van der Waals surface area contributed by atoms with Gasteiger partial charge in [-0.2, -0.15) is 0 Å². The van der Waals surface area contributed by atoms with Crippen molar-refractivity contribution in [2.45, 2.75) is 77.5 Å². The average molecular weight is 289 g/mol. The van der Waals surface area contributed by atoms with Crippen molar-refractivity contribution in [2.24, 2.45) is 0 Å². The van der Waals surface area contributed by atoms with Crippen LogP contribution in [0.4, 0.5) is 0 Å². The highest BCUT2D eigenvalue weighted by atomic mass is 28.4. The first kappa shape index (κ1) is 17.1.